The monoisotopic (exact) mass is 440 g/mol. The van der Waals surface area contributed by atoms with Crippen LogP contribution < -0.4 is 20.8 Å². The number of anilines is 1. The maximum atomic E-state index is 12.1. The fourth-order valence-corrected chi connectivity index (χ4v) is 2.57. The van der Waals surface area contributed by atoms with Crippen molar-refractivity contribution in [2.75, 3.05) is 32.2 Å². The summed E-state index contributed by atoms with van der Waals surface area (Å²) in [4.78, 5) is 35.4. The first-order valence-corrected chi connectivity index (χ1v) is 10.2. The highest BCUT2D eigenvalue weighted by atomic mass is 16.5. The van der Waals surface area contributed by atoms with Gasteiger partial charge in [0.2, 0.25) is 0 Å². The first kappa shape index (κ1) is 24.5. The Morgan fingerprint density at radius 1 is 1.06 bits per heavy atom. The number of hydrogen-bond donors (Lipinski definition) is 3. The SMILES string of the molecule is CCc1ccc(NC(=O)COc2cccc(/C=N\NC(=O)C(=O)NCCCOC)c2)cc1. The molecule has 0 aliphatic rings. The molecule has 0 radical (unpaired) electrons. The van der Waals surface area contributed by atoms with Crippen LogP contribution in [0.4, 0.5) is 5.69 Å². The topological polar surface area (TPSA) is 118 Å². The van der Waals surface area contributed by atoms with Crippen LogP contribution >= 0.6 is 0 Å². The molecule has 0 aliphatic heterocycles. The molecule has 3 amide bonds. The van der Waals surface area contributed by atoms with Gasteiger partial charge in [0.05, 0.1) is 6.21 Å². The van der Waals surface area contributed by atoms with E-state index in [9.17, 15) is 14.4 Å². The molecular weight excluding hydrogens is 412 g/mol. The first-order valence-electron chi connectivity index (χ1n) is 10.2. The zero-order valence-electron chi connectivity index (χ0n) is 18.2. The third kappa shape index (κ3) is 8.97. The molecule has 2 aromatic carbocycles. The number of benzene rings is 2. The number of methoxy groups -OCH3 is 1. The van der Waals surface area contributed by atoms with E-state index in [2.05, 4.69) is 28.1 Å². The van der Waals surface area contributed by atoms with Gasteiger partial charge >= 0.3 is 11.8 Å². The van der Waals surface area contributed by atoms with Crippen molar-refractivity contribution in [2.24, 2.45) is 5.10 Å². The van der Waals surface area contributed by atoms with Crippen molar-refractivity contribution in [1.82, 2.24) is 10.7 Å². The van der Waals surface area contributed by atoms with Crippen molar-refractivity contribution in [2.45, 2.75) is 19.8 Å². The molecular formula is C23H28N4O5. The predicted octanol–water partition coefficient (Wildman–Crippen LogP) is 1.87. The molecule has 0 bridgehead atoms. The highest BCUT2D eigenvalue weighted by Crippen LogP contribution is 2.13. The number of nitrogens with one attached hydrogen (secondary N) is 3. The molecule has 170 valence electrons. The van der Waals surface area contributed by atoms with Gasteiger partial charge in [-0.2, -0.15) is 5.10 Å². The average Bonchev–Trinajstić information content (AvgIpc) is 2.81. The van der Waals surface area contributed by atoms with E-state index in [1.807, 2.05) is 24.3 Å². The summed E-state index contributed by atoms with van der Waals surface area (Å²) < 4.78 is 10.4. The van der Waals surface area contributed by atoms with Gasteiger partial charge in [0.25, 0.3) is 5.91 Å². The van der Waals surface area contributed by atoms with E-state index in [1.165, 1.54) is 11.8 Å². The Hall–Kier alpha value is -3.72. The number of ether oxygens (including phenoxy) is 2. The van der Waals surface area contributed by atoms with Crippen molar-refractivity contribution in [3.63, 3.8) is 0 Å². The Kier molecular flexibility index (Phi) is 10.4. The van der Waals surface area contributed by atoms with Crippen LogP contribution in [0, 0.1) is 0 Å². The lowest BCUT2D eigenvalue weighted by atomic mass is 10.1. The lowest BCUT2D eigenvalue weighted by Crippen LogP contribution is -2.38. The zero-order chi connectivity index (χ0) is 23.2. The van der Waals surface area contributed by atoms with Crippen LogP contribution in [0.2, 0.25) is 0 Å². The van der Waals surface area contributed by atoms with Gasteiger partial charge in [-0.05, 0) is 48.2 Å². The lowest BCUT2D eigenvalue weighted by Gasteiger charge is -2.08. The van der Waals surface area contributed by atoms with E-state index in [0.29, 0.717) is 36.6 Å². The molecule has 0 spiro atoms. The van der Waals surface area contributed by atoms with Crippen LogP contribution in [-0.2, 0) is 25.5 Å². The molecule has 0 heterocycles. The van der Waals surface area contributed by atoms with Gasteiger partial charge in [-0.1, -0.05) is 31.2 Å². The number of nitrogens with zero attached hydrogens (tertiary/aromatic N) is 1. The van der Waals surface area contributed by atoms with Gasteiger partial charge < -0.3 is 20.1 Å². The van der Waals surface area contributed by atoms with E-state index in [1.54, 1.807) is 31.4 Å². The summed E-state index contributed by atoms with van der Waals surface area (Å²) in [5.41, 5.74) is 4.68. The fraction of sp³-hybridized carbons (Fsp3) is 0.304. The van der Waals surface area contributed by atoms with Crippen LogP contribution in [0.25, 0.3) is 0 Å². The number of hydrogen-bond acceptors (Lipinski definition) is 6. The molecule has 2 rings (SSSR count). The summed E-state index contributed by atoms with van der Waals surface area (Å²) in [7, 11) is 1.56. The Balaban J connectivity index is 1.77. The second-order valence-electron chi connectivity index (χ2n) is 6.76. The van der Waals surface area contributed by atoms with Crippen LogP contribution in [0.1, 0.15) is 24.5 Å². The van der Waals surface area contributed by atoms with Gasteiger partial charge in [0.15, 0.2) is 6.61 Å². The minimum Gasteiger partial charge on any atom is -0.484 e. The minimum atomic E-state index is -0.866. The maximum Gasteiger partial charge on any atom is 0.329 e. The molecule has 2 aromatic rings. The maximum absolute atomic E-state index is 12.1. The normalized spacial score (nSPS) is 10.6. The standard InChI is InChI=1S/C23H28N4O5/c1-3-17-8-10-19(11-9-17)26-21(28)16-32-20-7-4-6-18(14-20)15-25-27-23(30)22(29)24-12-5-13-31-2/h4,6-11,14-15H,3,5,12-13,16H2,1-2H3,(H,24,29)(H,26,28)(H,27,30)/b25-15-. The van der Waals surface area contributed by atoms with E-state index < -0.39 is 11.8 Å². The molecule has 0 aliphatic carbocycles. The third-order valence-electron chi connectivity index (χ3n) is 4.27. The van der Waals surface area contributed by atoms with Crippen molar-refractivity contribution in [3.8, 4) is 5.75 Å². The molecule has 3 N–H and O–H groups in total. The van der Waals surface area contributed by atoms with Crippen LogP contribution in [-0.4, -0.2) is 50.8 Å². The Morgan fingerprint density at radius 2 is 1.84 bits per heavy atom. The Bertz CT molecular complexity index is 928. The highest BCUT2D eigenvalue weighted by molar-refractivity contribution is 6.35. The molecule has 9 nitrogen and oxygen atoms in total. The number of amides is 3. The van der Waals surface area contributed by atoms with E-state index in [-0.39, 0.29) is 12.5 Å². The van der Waals surface area contributed by atoms with Gasteiger partial charge in [0.1, 0.15) is 5.75 Å². The minimum absolute atomic E-state index is 0.157. The molecule has 0 unspecified atom stereocenters. The Morgan fingerprint density at radius 3 is 2.56 bits per heavy atom. The highest BCUT2D eigenvalue weighted by Gasteiger charge is 2.11. The van der Waals surface area contributed by atoms with Crippen molar-refractivity contribution in [1.29, 1.82) is 0 Å². The summed E-state index contributed by atoms with van der Waals surface area (Å²) in [5.74, 6) is -1.45. The molecule has 0 aromatic heterocycles. The predicted molar refractivity (Wildman–Crippen MR) is 122 cm³/mol. The van der Waals surface area contributed by atoms with Crippen molar-refractivity contribution >= 4 is 29.6 Å². The zero-order valence-corrected chi connectivity index (χ0v) is 18.2. The van der Waals surface area contributed by atoms with Gasteiger partial charge in [-0.3, -0.25) is 14.4 Å². The third-order valence-corrected chi connectivity index (χ3v) is 4.27. The van der Waals surface area contributed by atoms with Gasteiger partial charge in [0, 0.05) is 25.9 Å². The van der Waals surface area contributed by atoms with E-state index in [4.69, 9.17) is 9.47 Å². The van der Waals surface area contributed by atoms with Crippen molar-refractivity contribution in [3.05, 3.63) is 59.7 Å². The van der Waals surface area contributed by atoms with Crippen molar-refractivity contribution < 1.29 is 23.9 Å². The fourth-order valence-electron chi connectivity index (χ4n) is 2.57. The van der Waals surface area contributed by atoms with E-state index in [0.717, 1.165) is 6.42 Å². The molecule has 0 atom stereocenters. The quantitative estimate of drug-likeness (QED) is 0.213. The molecule has 0 saturated carbocycles. The largest absolute Gasteiger partial charge is 0.484 e. The summed E-state index contributed by atoms with van der Waals surface area (Å²) in [5, 5.41) is 9.01. The molecule has 32 heavy (non-hydrogen) atoms. The summed E-state index contributed by atoms with van der Waals surface area (Å²) in [6.45, 7) is 2.74. The summed E-state index contributed by atoms with van der Waals surface area (Å²) >= 11 is 0. The van der Waals surface area contributed by atoms with Gasteiger partial charge in [-0.25, -0.2) is 5.43 Å². The second kappa shape index (κ2) is 13.6. The van der Waals surface area contributed by atoms with Crippen LogP contribution in [0.3, 0.4) is 0 Å². The van der Waals surface area contributed by atoms with Gasteiger partial charge in [-0.15, -0.1) is 0 Å². The lowest BCUT2D eigenvalue weighted by molar-refractivity contribution is -0.139. The number of rotatable bonds is 11. The van der Waals surface area contributed by atoms with Crippen LogP contribution in [0.5, 0.6) is 5.75 Å². The molecule has 0 fully saturated rings. The number of hydrazone groups is 1. The average molecular weight is 441 g/mol. The number of aryl methyl sites for hydroxylation is 1. The smallest absolute Gasteiger partial charge is 0.329 e. The first-order chi connectivity index (χ1) is 15.5. The van der Waals surface area contributed by atoms with Crippen LogP contribution in [0.15, 0.2) is 53.6 Å². The molecule has 0 saturated heterocycles. The summed E-state index contributed by atoms with van der Waals surface area (Å²) in [6.07, 6.45) is 2.91. The number of carbonyl (C=O) groups is 3. The number of carbonyl (C=O) groups excluding carboxylic acids is 3. The Labute approximate surface area is 187 Å². The molecule has 9 heteroatoms. The summed E-state index contributed by atoms with van der Waals surface area (Å²) in [6, 6.07) is 14.4. The van der Waals surface area contributed by atoms with E-state index >= 15 is 0 Å². The second-order valence-corrected chi connectivity index (χ2v) is 6.76.